The van der Waals surface area contributed by atoms with Gasteiger partial charge in [-0.25, -0.2) is 4.39 Å². The van der Waals surface area contributed by atoms with Crippen molar-refractivity contribution in [2.75, 3.05) is 6.54 Å². The molecule has 0 radical (unpaired) electrons. The topological polar surface area (TPSA) is 37.8 Å². The van der Waals surface area contributed by atoms with Gasteiger partial charge in [0.05, 0.1) is 0 Å². The highest BCUT2D eigenvalue weighted by atomic mass is 32.1. The Morgan fingerprint density at radius 1 is 1.25 bits per heavy atom. The highest BCUT2D eigenvalue weighted by Gasteiger charge is 2.11. The second kappa shape index (κ2) is 5.97. The molecule has 0 spiro atoms. The first kappa shape index (κ1) is 15.1. The standard InChI is InChI=1S/C15H20FN3S/c1-10-5-6-11(9-12(10)16)14-19-18-13(20-14)7-8-17-15(2,3)4/h5-6,9,17H,7-8H2,1-4H3. The van der Waals surface area contributed by atoms with Gasteiger partial charge in [-0.2, -0.15) is 0 Å². The van der Waals surface area contributed by atoms with E-state index in [0.717, 1.165) is 28.5 Å². The van der Waals surface area contributed by atoms with Crippen molar-refractivity contribution in [2.24, 2.45) is 0 Å². The van der Waals surface area contributed by atoms with Crippen molar-refractivity contribution in [3.8, 4) is 10.6 Å². The third kappa shape index (κ3) is 4.08. The van der Waals surface area contributed by atoms with Crippen molar-refractivity contribution in [1.29, 1.82) is 0 Å². The van der Waals surface area contributed by atoms with Crippen LogP contribution in [0, 0.1) is 12.7 Å². The van der Waals surface area contributed by atoms with Gasteiger partial charge in [0.2, 0.25) is 0 Å². The lowest BCUT2D eigenvalue weighted by atomic mass is 10.1. The SMILES string of the molecule is Cc1ccc(-c2nnc(CCNC(C)(C)C)s2)cc1F. The maximum absolute atomic E-state index is 13.6. The van der Waals surface area contributed by atoms with E-state index >= 15 is 0 Å². The first-order chi connectivity index (χ1) is 9.35. The highest BCUT2D eigenvalue weighted by molar-refractivity contribution is 7.14. The summed E-state index contributed by atoms with van der Waals surface area (Å²) in [6.45, 7) is 9.01. The molecule has 1 aromatic carbocycles. The van der Waals surface area contributed by atoms with E-state index in [1.165, 1.54) is 17.4 Å². The molecule has 5 heteroatoms. The predicted molar refractivity (Wildman–Crippen MR) is 81.5 cm³/mol. The maximum Gasteiger partial charge on any atom is 0.147 e. The molecule has 1 heterocycles. The van der Waals surface area contributed by atoms with Crippen LogP contribution in [0.25, 0.3) is 10.6 Å². The van der Waals surface area contributed by atoms with Gasteiger partial charge in [0, 0.05) is 24.1 Å². The molecular formula is C15H20FN3S. The van der Waals surface area contributed by atoms with E-state index in [9.17, 15) is 4.39 Å². The van der Waals surface area contributed by atoms with E-state index in [1.54, 1.807) is 13.0 Å². The van der Waals surface area contributed by atoms with Crippen LogP contribution in [0.1, 0.15) is 31.3 Å². The molecule has 1 N–H and O–H groups in total. The van der Waals surface area contributed by atoms with Crippen LogP contribution in [0.2, 0.25) is 0 Å². The van der Waals surface area contributed by atoms with Gasteiger partial charge in [-0.05, 0) is 39.3 Å². The summed E-state index contributed by atoms with van der Waals surface area (Å²) in [5.41, 5.74) is 1.54. The first-order valence-corrected chi connectivity index (χ1v) is 7.51. The Labute approximate surface area is 123 Å². The van der Waals surface area contributed by atoms with Crippen molar-refractivity contribution in [3.63, 3.8) is 0 Å². The van der Waals surface area contributed by atoms with Gasteiger partial charge in [0.15, 0.2) is 0 Å². The number of nitrogens with zero attached hydrogens (tertiary/aromatic N) is 2. The van der Waals surface area contributed by atoms with Crippen molar-refractivity contribution >= 4 is 11.3 Å². The fraction of sp³-hybridized carbons (Fsp3) is 0.467. The Hall–Kier alpha value is -1.33. The molecule has 0 saturated heterocycles. The first-order valence-electron chi connectivity index (χ1n) is 6.69. The molecular weight excluding hydrogens is 273 g/mol. The van der Waals surface area contributed by atoms with Gasteiger partial charge >= 0.3 is 0 Å². The molecule has 2 rings (SSSR count). The van der Waals surface area contributed by atoms with E-state index in [2.05, 4.69) is 36.3 Å². The van der Waals surface area contributed by atoms with Gasteiger partial charge in [-0.1, -0.05) is 23.5 Å². The smallest absolute Gasteiger partial charge is 0.147 e. The molecule has 0 aliphatic heterocycles. The fourth-order valence-electron chi connectivity index (χ4n) is 1.74. The van der Waals surface area contributed by atoms with E-state index in [0.29, 0.717) is 5.56 Å². The Morgan fingerprint density at radius 3 is 2.65 bits per heavy atom. The van der Waals surface area contributed by atoms with Crippen LogP contribution in [-0.2, 0) is 6.42 Å². The van der Waals surface area contributed by atoms with Crippen LogP contribution >= 0.6 is 11.3 Å². The molecule has 1 aromatic heterocycles. The number of nitrogens with one attached hydrogen (secondary N) is 1. The second-order valence-electron chi connectivity index (χ2n) is 5.89. The van der Waals surface area contributed by atoms with E-state index < -0.39 is 0 Å². The number of aryl methyl sites for hydroxylation is 1. The number of hydrogen-bond acceptors (Lipinski definition) is 4. The van der Waals surface area contributed by atoms with E-state index in [-0.39, 0.29) is 11.4 Å². The Kier molecular flexibility index (Phi) is 4.50. The van der Waals surface area contributed by atoms with Gasteiger partial charge < -0.3 is 5.32 Å². The largest absolute Gasteiger partial charge is 0.312 e. The minimum atomic E-state index is -0.200. The number of benzene rings is 1. The summed E-state index contributed by atoms with van der Waals surface area (Å²) >= 11 is 1.52. The molecule has 2 aromatic rings. The van der Waals surface area contributed by atoms with Gasteiger partial charge in [0.1, 0.15) is 15.8 Å². The van der Waals surface area contributed by atoms with Crippen molar-refractivity contribution in [2.45, 2.75) is 39.7 Å². The maximum atomic E-state index is 13.6. The van der Waals surface area contributed by atoms with Crippen LogP contribution in [0.3, 0.4) is 0 Å². The molecule has 0 atom stereocenters. The lowest BCUT2D eigenvalue weighted by Crippen LogP contribution is -2.37. The third-order valence-electron chi connectivity index (χ3n) is 2.88. The summed E-state index contributed by atoms with van der Waals surface area (Å²) in [7, 11) is 0. The molecule has 0 unspecified atom stereocenters. The van der Waals surface area contributed by atoms with Gasteiger partial charge in [0.25, 0.3) is 0 Å². The van der Waals surface area contributed by atoms with Crippen LogP contribution < -0.4 is 5.32 Å². The van der Waals surface area contributed by atoms with Crippen LogP contribution in [0.15, 0.2) is 18.2 Å². The van der Waals surface area contributed by atoms with Crippen molar-refractivity contribution < 1.29 is 4.39 Å². The van der Waals surface area contributed by atoms with Crippen molar-refractivity contribution in [3.05, 3.63) is 34.6 Å². The zero-order valence-corrected chi connectivity index (χ0v) is 13.1. The number of hydrogen-bond donors (Lipinski definition) is 1. The summed E-state index contributed by atoms with van der Waals surface area (Å²) in [5.74, 6) is -0.200. The lowest BCUT2D eigenvalue weighted by Gasteiger charge is -2.19. The van der Waals surface area contributed by atoms with Crippen LogP contribution in [0.5, 0.6) is 0 Å². The Bertz CT molecular complexity index is 587. The molecule has 0 aliphatic rings. The summed E-state index contributed by atoms with van der Waals surface area (Å²) in [6.07, 6.45) is 0.837. The second-order valence-corrected chi connectivity index (χ2v) is 6.95. The van der Waals surface area contributed by atoms with Crippen LogP contribution in [-0.4, -0.2) is 22.3 Å². The zero-order valence-electron chi connectivity index (χ0n) is 12.3. The molecule has 20 heavy (non-hydrogen) atoms. The Morgan fingerprint density at radius 2 is 2.00 bits per heavy atom. The number of aromatic nitrogens is 2. The van der Waals surface area contributed by atoms with Gasteiger partial charge in [-0.15, -0.1) is 10.2 Å². The summed E-state index contributed by atoms with van der Waals surface area (Å²) in [4.78, 5) is 0. The van der Waals surface area contributed by atoms with Crippen LogP contribution in [0.4, 0.5) is 4.39 Å². The average Bonchev–Trinajstić information content (AvgIpc) is 2.80. The molecule has 0 fully saturated rings. The molecule has 108 valence electrons. The lowest BCUT2D eigenvalue weighted by molar-refractivity contribution is 0.429. The zero-order chi connectivity index (χ0) is 14.8. The third-order valence-corrected chi connectivity index (χ3v) is 3.91. The molecule has 0 bridgehead atoms. The molecule has 0 aliphatic carbocycles. The molecule has 0 amide bonds. The molecule has 0 saturated carbocycles. The average molecular weight is 293 g/mol. The number of halogens is 1. The quantitative estimate of drug-likeness (QED) is 0.936. The summed E-state index contributed by atoms with van der Waals surface area (Å²) in [5, 5.41) is 13.5. The van der Waals surface area contributed by atoms with Gasteiger partial charge in [-0.3, -0.25) is 0 Å². The minimum absolute atomic E-state index is 0.105. The van der Waals surface area contributed by atoms with E-state index in [1.807, 2.05) is 6.07 Å². The van der Waals surface area contributed by atoms with E-state index in [4.69, 9.17) is 0 Å². The normalized spacial score (nSPS) is 11.8. The number of rotatable bonds is 4. The Balaban J connectivity index is 2.03. The summed E-state index contributed by atoms with van der Waals surface area (Å²) < 4.78 is 13.6. The monoisotopic (exact) mass is 293 g/mol. The van der Waals surface area contributed by atoms with Crippen molar-refractivity contribution in [1.82, 2.24) is 15.5 Å². The highest BCUT2D eigenvalue weighted by Crippen LogP contribution is 2.25. The molecule has 3 nitrogen and oxygen atoms in total. The summed E-state index contributed by atoms with van der Waals surface area (Å²) in [6, 6.07) is 5.18. The minimum Gasteiger partial charge on any atom is -0.312 e. The predicted octanol–water partition coefficient (Wildman–Crippen LogP) is 3.58. The fourth-order valence-corrected chi connectivity index (χ4v) is 2.58.